The van der Waals surface area contributed by atoms with Crippen LogP contribution in [0.1, 0.15) is 30.1 Å². The Balaban J connectivity index is 0.00000242. The lowest BCUT2D eigenvalue weighted by molar-refractivity contribution is -0.384. The SMILES string of the molecule is CC(NC(=O)c1cc([N+](=O)[O-])ccc1N)C1CCCNC1.Cl. The van der Waals surface area contributed by atoms with Crippen molar-refractivity contribution >= 4 is 29.7 Å². The molecule has 122 valence electrons. The first-order valence-electron chi connectivity index (χ1n) is 7.04. The van der Waals surface area contributed by atoms with Crippen molar-refractivity contribution in [2.45, 2.75) is 25.8 Å². The van der Waals surface area contributed by atoms with Gasteiger partial charge >= 0.3 is 0 Å². The van der Waals surface area contributed by atoms with Crippen molar-refractivity contribution in [2.75, 3.05) is 18.8 Å². The minimum atomic E-state index is -0.537. The number of hydrogen-bond donors (Lipinski definition) is 3. The number of non-ortho nitro benzene ring substituents is 1. The number of halogens is 1. The molecule has 0 bridgehead atoms. The van der Waals surface area contributed by atoms with E-state index in [0.29, 0.717) is 5.92 Å². The molecule has 1 amide bonds. The molecule has 1 aliphatic rings. The number of nitro benzene ring substituents is 1. The molecule has 2 atom stereocenters. The Labute approximate surface area is 135 Å². The maximum absolute atomic E-state index is 12.3. The summed E-state index contributed by atoms with van der Waals surface area (Å²) in [4.78, 5) is 22.5. The normalized spacial score (nSPS) is 18.9. The number of anilines is 1. The molecule has 0 aliphatic carbocycles. The summed E-state index contributed by atoms with van der Waals surface area (Å²) in [5, 5.41) is 17.0. The molecule has 1 aromatic rings. The van der Waals surface area contributed by atoms with E-state index in [2.05, 4.69) is 10.6 Å². The van der Waals surface area contributed by atoms with Crippen LogP contribution in [0.25, 0.3) is 0 Å². The molecular formula is C14H21ClN4O3. The zero-order valence-corrected chi connectivity index (χ0v) is 13.2. The predicted octanol–water partition coefficient (Wildman–Crippen LogP) is 1.72. The molecule has 1 heterocycles. The summed E-state index contributed by atoms with van der Waals surface area (Å²) in [6.45, 7) is 3.82. The summed E-state index contributed by atoms with van der Waals surface area (Å²) < 4.78 is 0. The Morgan fingerprint density at radius 1 is 1.55 bits per heavy atom. The van der Waals surface area contributed by atoms with E-state index in [9.17, 15) is 14.9 Å². The van der Waals surface area contributed by atoms with E-state index in [4.69, 9.17) is 5.73 Å². The van der Waals surface area contributed by atoms with Gasteiger partial charge in [-0.15, -0.1) is 12.4 Å². The van der Waals surface area contributed by atoms with Gasteiger partial charge in [0.1, 0.15) is 0 Å². The predicted molar refractivity (Wildman–Crippen MR) is 87.3 cm³/mol. The van der Waals surface area contributed by atoms with Crippen LogP contribution in [0.5, 0.6) is 0 Å². The molecular weight excluding hydrogens is 308 g/mol. The summed E-state index contributed by atoms with van der Waals surface area (Å²) in [5.74, 6) is -0.00287. The van der Waals surface area contributed by atoms with Gasteiger partial charge in [-0.2, -0.15) is 0 Å². The fraction of sp³-hybridized carbons (Fsp3) is 0.500. The minimum Gasteiger partial charge on any atom is -0.398 e. The van der Waals surface area contributed by atoms with E-state index in [0.717, 1.165) is 25.9 Å². The van der Waals surface area contributed by atoms with Crippen LogP contribution in [0.15, 0.2) is 18.2 Å². The lowest BCUT2D eigenvalue weighted by atomic mass is 9.92. The molecule has 1 fully saturated rings. The summed E-state index contributed by atoms with van der Waals surface area (Å²) >= 11 is 0. The van der Waals surface area contributed by atoms with Crippen molar-refractivity contribution < 1.29 is 9.72 Å². The van der Waals surface area contributed by atoms with Crippen LogP contribution in [0, 0.1) is 16.0 Å². The molecule has 7 nitrogen and oxygen atoms in total. The van der Waals surface area contributed by atoms with E-state index in [-0.39, 0.29) is 41.3 Å². The maximum Gasteiger partial charge on any atom is 0.270 e. The second kappa shape index (κ2) is 7.95. The highest BCUT2D eigenvalue weighted by Crippen LogP contribution is 2.20. The van der Waals surface area contributed by atoms with Crippen molar-refractivity contribution in [1.82, 2.24) is 10.6 Å². The van der Waals surface area contributed by atoms with Crippen LogP contribution in [0.3, 0.4) is 0 Å². The third-order valence-electron chi connectivity index (χ3n) is 3.89. The van der Waals surface area contributed by atoms with Gasteiger partial charge in [-0.25, -0.2) is 0 Å². The average molecular weight is 329 g/mol. The number of carbonyl (C=O) groups is 1. The van der Waals surface area contributed by atoms with Gasteiger partial charge in [0, 0.05) is 23.9 Å². The molecule has 0 aromatic heterocycles. The lowest BCUT2D eigenvalue weighted by Gasteiger charge is -2.29. The number of nitrogens with two attached hydrogens (primary N) is 1. The van der Waals surface area contributed by atoms with Crippen LogP contribution >= 0.6 is 12.4 Å². The minimum absolute atomic E-state index is 0. The highest BCUT2D eigenvalue weighted by Gasteiger charge is 2.23. The number of nitrogen functional groups attached to an aromatic ring is 1. The second-order valence-corrected chi connectivity index (χ2v) is 5.40. The fourth-order valence-corrected chi connectivity index (χ4v) is 2.56. The quantitative estimate of drug-likeness (QED) is 0.443. The number of rotatable bonds is 4. The Hall–Kier alpha value is -1.86. The smallest absolute Gasteiger partial charge is 0.270 e. The largest absolute Gasteiger partial charge is 0.398 e. The van der Waals surface area contributed by atoms with Gasteiger partial charge in [0.15, 0.2) is 0 Å². The molecule has 1 aromatic carbocycles. The van der Waals surface area contributed by atoms with Gasteiger partial charge in [-0.3, -0.25) is 14.9 Å². The summed E-state index contributed by atoms with van der Waals surface area (Å²) in [6, 6.07) is 3.89. The summed E-state index contributed by atoms with van der Waals surface area (Å²) in [7, 11) is 0. The highest BCUT2D eigenvalue weighted by atomic mass is 35.5. The molecule has 0 radical (unpaired) electrons. The Bertz CT molecular complexity index is 547. The van der Waals surface area contributed by atoms with Crippen molar-refractivity contribution in [1.29, 1.82) is 0 Å². The molecule has 4 N–H and O–H groups in total. The number of nitro groups is 1. The molecule has 0 spiro atoms. The molecule has 1 aliphatic heterocycles. The number of amides is 1. The van der Waals surface area contributed by atoms with Crippen LogP contribution < -0.4 is 16.4 Å². The van der Waals surface area contributed by atoms with E-state index < -0.39 is 4.92 Å². The van der Waals surface area contributed by atoms with Crippen LogP contribution in [0.4, 0.5) is 11.4 Å². The van der Waals surface area contributed by atoms with Gasteiger partial charge in [0.05, 0.1) is 10.5 Å². The van der Waals surface area contributed by atoms with Crippen LogP contribution in [0.2, 0.25) is 0 Å². The third kappa shape index (κ3) is 4.32. The molecule has 1 saturated heterocycles. The molecule has 8 heteroatoms. The van der Waals surface area contributed by atoms with Gasteiger partial charge < -0.3 is 16.4 Å². The van der Waals surface area contributed by atoms with E-state index >= 15 is 0 Å². The summed E-state index contributed by atoms with van der Waals surface area (Å²) in [6.07, 6.45) is 2.14. The Morgan fingerprint density at radius 2 is 2.27 bits per heavy atom. The number of piperidine rings is 1. The molecule has 2 rings (SSSR count). The van der Waals surface area contributed by atoms with Gasteiger partial charge in [0.2, 0.25) is 0 Å². The number of benzene rings is 1. The first-order chi connectivity index (χ1) is 9.99. The van der Waals surface area contributed by atoms with E-state index in [1.807, 2.05) is 6.92 Å². The van der Waals surface area contributed by atoms with Crippen molar-refractivity contribution in [3.8, 4) is 0 Å². The monoisotopic (exact) mass is 328 g/mol. The molecule has 22 heavy (non-hydrogen) atoms. The van der Waals surface area contributed by atoms with Crippen molar-refractivity contribution in [2.24, 2.45) is 5.92 Å². The standard InChI is InChI=1S/C14H20N4O3.ClH/c1-9(10-3-2-6-16-8-10)17-14(19)12-7-11(18(20)21)4-5-13(12)15;/h4-5,7,9-10,16H,2-3,6,8,15H2,1H3,(H,17,19);1H. The van der Waals surface area contributed by atoms with Gasteiger partial charge in [-0.1, -0.05) is 0 Å². The average Bonchev–Trinajstić information content (AvgIpc) is 2.48. The maximum atomic E-state index is 12.3. The number of carbonyl (C=O) groups excluding carboxylic acids is 1. The number of nitrogens with zero attached hydrogens (tertiary/aromatic N) is 1. The lowest BCUT2D eigenvalue weighted by Crippen LogP contribution is -2.44. The number of nitrogens with one attached hydrogen (secondary N) is 2. The number of hydrogen-bond acceptors (Lipinski definition) is 5. The second-order valence-electron chi connectivity index (χ2n) is 5.40. The van der Waals surface area contributed by atoms with Gasteiger partial charge in [-0.05, 0) is 44.8 Å². The topological polar surface area (TPSA) is 110 Å². The highest BCUT2D eigenvalue weighted by molar-refractivity contribution is 5.99. The van der Waals surface area contributed by atoms with E-state index in [1.165, 1.54) is 18.2 Å². The molecule has 0 saturated carbocycles. The molecule has 2 unspecified atom stereocenters. The Morgan fingerprint density at radius 3 is 2.86 bits per heavy atom. The summed E-state index contributed by atoms with van der Waals surface area (Å²) in [5.41, 5.74) is 6.01. The fourth-order valence-electron chi connectivity index (χ4n) is 2.56. The zero-order chi connectivity index (χ0) is 15.4. The van der Waals surface area contributed by atoms with Crippen LogP contribution in [-0.4, -0.2) is 30.0 Å². The first-order valence-corrected chi connectivity index (χ1v) is 7.04. The van der Waals surface area contributed by atoms with Crippen molar-refractivity contribution in [3.63, 3.8) is 0 Å². The van der Waals surface area contributed by atoms with Gasteiger partial charge in [0.25, 0.3) is 11.6 Å². The van der Waals surface area contributed by atoms with Crippen molar-refractivity contribution in [3.05, 3.63) is 33.9 Å². The first kappa shape index (κ1) is 18.2. The third-order valence-corrected chi connectivity index (χ3v) is 3.89. The van der Waals surface area contributed by atoms with Crippen LogP contribution in [-0.2, 0) is 0 Å². The zero-order valence-electron chi connectivity index (χ0n) is 12.4. The van der Waals surface area contributed by atoms with E-state index in [1.54, 1.807) is 0 Å². The Kier molecular flexibility index (Phi) is 6.58.